The molecule has 0 bridgehead atoms. The zero-order valence-electron chi connectivity index (χ0n) is 9.43. The fourth-order valence-electron chi connectivity index (χ4n) is 1.87. The number of rotatable bonds is 1. The van der Waals surface area contributed by atoms with Gasteiger partial charge in [0.15, 0.2) is 0 Å². The van der Waals surface area contributed by atoms with E-state index in [4.69, 9.17) is 11.6 Å². The predicted octanol–water partition coefficient (Wildman–Crippen LogP) is 3.82. The van der Waals surface area contributed by atoms with Crippen LogP contribution in [-0.2, 0) is 0 Å². The second-order valence-corrected chi connectivity index (χ2v) is 5.87. The number of benzene rings is 1. The number of hydrogen-bond acceptors (Lipinski definition) is 1. The van der Waals surface area contributed by atoms with E-state index in [9.17, 15) is 13.6 Å². The minimum Gasteiger partial charge on any atom is -0.338 e. The number of hydrogen-bond donors (Lipinski definition) is 0. The lowest BCUT2D eigenvalue weighted by Crippen LogP contribution is -2.42. The summed E-state index contributed by atoms with van der Waals surface area (Å²) >= 11 is 7.84. The highest BCUT2D eigenvalue weighted by molar-refractivity contribution is 14.1. The van der Waals surface area contributed by atoms with Crippen LogP contribution in [0, 0.1) is 3.57 Å². The molecular weight excluding hydrogens is 374 g/mol. The van der Waals surface area contributed by atoms with Gasteiger partial charge in [-0.25, -0.2) is 8.78 Å². The summed E-state index contributed by atoms with van der Waals surface area (Å²) in [7, 11) is 0. The van der Waals surface area contributed by atoms with Crippen LogP contribution in [0.25, 0.3) is 0 Å². The molecule has 1 aromatic carbocycles. The number of carbonyl (C=O) groups is 1. The molecule has 6 heteroatoms. The average molecular weight is 386 g/mol. The SMILES string of the molecule is O=C(c1ccc(Cl)cc1I)N1CCC(F)(F)CC1. The quantitative estimate of drug-likeness (QED) is 0.673. The fraction of sp³-hybridized carbons (Fsp3) is 0.417. The molecule has 0 N–H and O–H groups in total. The molecule has 2 nitrogen and oxygen atoms in total. The molecule has 1 aliphatic heterocycles. The minimum atomic E-state index is -2.63. The maximum absolute atomic E-state index is 13.0. The Morgan fingerprint density at radius 1 is 1.33 bits per heavy atom. The summed E-state index contributed by atoms with van der Waals surface area (Å²) in [6.07, 6.45) is -0.522. The first kappa shape index (κ1) is 14.0. The van der Waals surface area contributed by atoms with Crippen LogP contribution < -0.4 is 0 Å². The van der Waals surface area contributed by atoms with E-state index in [1.165, 1.54) is 4.90 Å². The number of piperidine rings is 1. The minimum absolute atomic E-state index is 0.102. The van der Waals surface area contributed by atoms with Gasteiger partial charge in [-0.1, -0.05) is 11.6 Å². The highest BCUT2D eigenvalue weighted by atomic mass is 127. The van der Waals surface area contributed by atoms with E-state index in [0.717, 1.165) is 3.57 Å². The van der Waals surface area contributed by atoms with Crippen LogP contribution in [0.1, 0.15) is 23.2 Å². The van der Waals surface area contributed by atoms with E-state index >= 15 is 0 Å². The van der Waals surface area contributed by atoms with Gasteiger partial charge in [0, 0.05) is 34.5 Å². The second kappa shape index (κ2) is 5.28. The molecule has 1 heterocycles. The number of amides is 1. The summed E-state index contributed by atoms with van der Waals surface area (Å²) < 4.78 is 26.8. The molecule has 98 valence electrons. The van der Waals surface area contributed by atoms with E-state index in [1.54, 1.807) is 18.2 Å². The molecule has 1 aromatic rings. The largest absolute Gasteiger partial charge is 0.338 e. The Bertz CT molecular complexity index is 471. The normalized spacial score (nSPS) is 18.8. The predicted molar refractivity (Wildman–Crippen MR) is 74.3 cm³/mol. The van der Waals surface area contributed by atoms with Crippen LogP contribution in [0.4, 0.5) is 8.78 Å². The fourth-order valence-corrected chi connectivity index (χ4v) is 2.97. The topological polar surface area (TPSA) is 20.3 Å². The number of nitrogens with zero attached hydrogens (tertiary/aromatic N) is 1. The summed E-state index contributed by atoms with van der Waals surface area (Å²) in [6, 6.07) is 4.96. The molecule has 2 rings (SSSR count). The third-order valence-corrected chi connectivity index (χ3v) is 4.07. The Kier molecular flexibility index (Phi) is 4.11. The second-order valence-electron chi connectivity index (χ2n) is 4.27. The van der Waals surface area contributed by atoms with Crippen molar-refractivity contribution in [3.05, 3.63) is 32.4 Å². The van der Waals surface area contributed by atoms with Gasteiger partial charge >= 0.3 is 0 Å². The van der Waals surface area contributed by atoms with E-state index in [-0.39, 0.29) is 31.8 Å². The summed E-state index contributed by atoms with van der Waals surface area (Å²) in [4.78, 5) is 13.7. The standard InChI is InChI=1S/C12H11ClF2INO/c13-8-1-2-9(10(16)7-8)11(18)17-5-3-12(14,15)4-6-17/h1-2,7H,3-6H2. The van der Waals surface area contributed by atoms with Crippen molar-refractivity contribution in [2.45, 2.75) is 18.8 Å². The first-order valence-electron chi connectivity index (χ1n) is 5.51. The maximum atomic E-state index is 13.0. The van der Waals surface area contributed by atoms with E-state index < -0.39 is 5.92 Å². The lowest BCUT2D eigenvalue weighted by Gasteiger charge is -2.32. The van der Waals surface area contributed by atoms with Crippen molar-refractivity contribution in [3.8, 4) is 0 Å². The smallest absolute Gasteiger partial charge is 0.254 e. The summed E-state index contributed by atoms with van der Waals surface area (Å²) in [6.45, 7) is 0.203. The van der Waals surface area contributed by atoms with Gasteiger partial charge in [-0.2, -0.15) is 0 Å². The Morgan fingerprint density at radius 2 is 1.94 bits per heavy atom. The molecule has 0 saturated carbocycles. The van der Waals surface area contributed by atoms with Crippen LogP contribution in [0.5, 0.6) is 0 Å². The molecule has 0 aromatic heterocycles. The Morgan fingerprint density at radius 3 is 2.50 bits per heavy atom. The van der Waals surface area contributed by atoms with Crippen LogP contribution in [0.3, 0.4) is 0 Å². The zero-order chi connectivity index (χ0) is 13.3. The van der Waals surface area contributed by atoms with E-state index in [0.29, 0.717) is 10.6 Å². The molecule has 1 aliphatic rings. The molecule has 0 radical (unpaired) electrons. The summed E-state index contributed by atoms with van der Waals surface area (Å²) in [5.41, 5.74) is 0.519. The van der Waals surface area contributed by atoms with Gasteiger partial charge in [0.05, 0.1) is 5.56 Å². The van der Waals surface area contributed by atoms with Crippen molar-refractivity contribution in [2.24, 2.45) is 0 Å². The van der Waals surface area contributed by atoms with Crippen molar-refractivity contribution in [2.75, 3.05) is 13.1 Å². The van der Waals surface area contributed by atoms with Gasteiger partial charge in [0.2, 0.25) is 0 Å². The molecule has 1 fully saturated rings. The third kappa shape index (κ3) is 3.12. The number of alkyl halides is 2. The van der Waals surface area contributed by atoms with E-state index in [1.807, 2.05) is 22.6 Å². The van der Waals surface area contributed by atoms with Crippen LogP contribution >= 0.6 is 34.2 Å². The lowest BCUT2D eigenvalue weighted by atomic mass is 10.1. The van der Waals surface area contributed by atoms with E-state index in [2.05, 4.69) is 0 Å². The molecule has 18 heavy (non-hydrogen) atoms. The van der Waals surface area contributed by atoms with Gasteiger partial charge in [-0.3, -0.25) is 4.79 Å². The molecule has 0 spiro atoms. The molecule has 1 saturated heterocycles. The number of carbonyl (C=O) groups excluding carboxylic acids is 1. The monoisotopic (exact) mass is 385 g/mol. The lowest BCUT2D eigenvalue weighted by molar-refractivity contribution is -0.0494. The Balaban J connectivity index is 2.13. The van der Waals surface area contributed by atoms with Gasteiger partial charge in [-0.05, 0) is 40.8 Å². The number of halogens is 4. The highest BCUT2D eigenvalue weighted by Gasteiger charge is 2.36. The van der Waals surface area contributed by atoms with Crippen LogP contribution in [0.2, 0.25) is 5.02 Å². The zero-order valence-corrected chi connectivity index (χ0v) is 12.3. The third-order valence-electron chi connectivity index (χ3n) is 2.94. The van der Waals surface area contributed by atoms with Gasteiger partial charge in [0.1, 0.15) is 0 Å². The van der Waals surface area contributed by atoms with Crippen molar-refractivity contribution in [3.63, 3.8) is 0 Å². The maximum Gasteiger partial charge on any atom is 0.254 e. The summed E-state index contributed by atoms with van der Waals surface area (Å²) in [5.74, 6) is -2.84. The molecule has 0 aliphatic carbocycles. The van der Waals surface area contributed by atoms with Gasteiger partial charge < -0.3 is 4.90 Å². The Labute approximate surface area is 122 Å². The van der Waals surface area contributed by atoms with Crippen molar-refractivity contribution >= 4 is 40.1 Å². The van der Waals surface area contributed by atoms with Crippen molar-refractivity contribution in [1.82, 2.24) is 4.90 Å². The molecule has 0 unspecified atom stereocenters. The Hall–Kier alpha value is -0.430. The average Bonchev–Trinajstić information content (AvgIpc) is 2.28. The molecular formula is C12H11ClF2INO. The molecule has 1 amide bonds. The molecule has 0 atom stereocenters. The van der Waals surface area contributed by atoms with Gasteiger partial charge in [0.25, 0.3) is 11.8 Å². The first-order valence-corrected chi connectivity index (χ1v) is 6.97. The van der Waals surface area contributed by atoms with Crippen LogP contribution in [-0.4, -0.2) is 29.8 Å². The highest BCUT2D eigenvalue weighted by Crippen LogP contribution is 2.29. The van der Waals surface area contributed by atoms with Crippen LogP contribution in [0.15, 0.2) is 18.2 Å². The van der Waals surface area contributed by atoms with Crippen molar-refractivity contribution < 1.29 is 13.6 Å². The first-order chi connectivity index (χ1) is 8.39. The van der Waals surface area contributed by atoms with Gasteiger partial charge in [-0.15, -0.1) is 0 Å². The summed E-state index contributed by atoms with van der Waals surface area (Å²) in [5, 5.41) is 0.557. The number of likely N-dealkylation sites (tertiary alicyclic amines) is 1. The van der Waals surface area contributed by atoms with Crippen molar-refractivity contribution in [1.29, 1.82) is 0 Å².